The second-order valence-corrected chi connectivity index (χ2v) is 5.43. The highest BCUT2D eigenvalue weighted by Gasteiger charge is 2.29. The smallest absolute Gasteiger partial charge is 0.328 e. The van der Waals surface area contributed by atoms with Crippen LogP contribution in [0.15, 0.2) is 28.8 Å². The fourth-order valence-corrected chi connectivity index (χ4v) is 1.68. The molecule has 2 N–H and O–H groups in total. The van der Waals surface area contributed by atoms with Gasteiger partial charge in [-0.2, -0.15) is 4.98 Å². The molecule has 2 aromatic rings. The van der Waals surface area contributed by atoms with Gasteiger partial charge in [0.1, 0.15) is 11.3 Å². The summed E-state index contributed by atoms with van der Waals surface area (Å²) in [6.45, 7) is 4.59. The quantitative estimate of drug-likeness (QED) is 0.830. The van der Waals surface area contributed by atoms with Crippen LogP contribution in [0.5, 0.6) is 5.75 Å². The lowest BCUT2D eigenvalue weighted by Crippen LogP contribution is -2.49. The zero-order valence-electron chi connectivity index (χ0n) is 13.0. The number of hydrogen-bond donors (Lipinski definition) is 2. The van der Waals surface area contributed by atoms with E-state index in [4.69, 9.17) is 14.4 Å². The highest BCUT2D eigenvalue weighted by molar-refractivity contribution is 5.97. The van der Waals surface area contributed by atoms with E-state index in [0.717, 1.165) is 0 Å². The molecule has 8 heteroatoms. The molecule has 0 fully saturated rings. The van der Waals surface area contributed by atoms with Gasteiger partial charge in [-0.25, -0.2) is 4.79 Å². The Morgan fingerprint density at radius 2 is 2.13 bits per heavy atom. The molecule has 0 aliphatic carbocycles. The van der Waals surface area contributed by atoms with Gasteiger partial charge >= 0.3 is 5.97 Å². The van der Waals surface area contributed by atoms with E-state index in [1.165, 1.54) is 19.9 Å². The number of carboxylic acid groups (broad SMARTS) is 1. The molecule has 8 nitrogen and oxygen atoms in total. The molecule has 1 aromatic heterocycles. The Balaban J connectivity index is 2.04. The van der Waals surface area contributed by atoms with Gasteiger partial charge in [-0.3, -0.25) is 4.79 Å². The topological polar surface area (TPSA) is 115 Å². The van der Waals surface area contributed by atoms with Crippen LogP contribution in [0.1, 0.15) is 35.9 Å². The summed E-state index contributed by atoms with van der Waals surface area (Å²) in [5, 5.41) is 15.2. The summed E-state index contributed by atoms with van der Waals surface area (Å²) < 4.78 is 10.3. The van der Waals surface area contributed by atoms with Crippen LogP contribution in [0.25, 0.3) is 0 Å². The minimum absolute atomic E-state index is 0.100. The first kappa shape index (κ1) is 16.5. The first-order chi connectivity index (χ1) is 10.8. The van der Waals surface area contributed by atoms with Crippen LogP contribution in [0.2, 0.25) is 0 Å². The lowest BCUT2D eigenvalue weighted by atomic mass is 10.1. The average molecular weight is 319 g/mol. The third-order valence-corrected chi connectivity index (χ3v) is 2.99. The molecule has 1 amide bonds. The molecule has 0 atom stereocenters. The first-order valence-corrected chi connectivity index (χ1v) is 6.86. The molecule has 1 aromatic carbocycles. The highest BCUT2D eigenvalue weighted by atomic mass is 16.5. The molecule has 2 rings (SSSR count). The molecule has 23 heavy (non-hydrogen) atoms. The van der Waals surface area contributed by atoms with Crippen molar-refractivity contribution in [2.45, 2.75) is 32.9 Å². The second kappa shape index (κ2) is 6.47. The number of ether oxygens (including phenoxy) is 1. The van der Waals surface area contributed by atoms with E-state index in [-0.39, 0.29) is 6.61 Å². The minimum Gasteiger partial charge on any atom is -0.485 e. The number of rotatable bonds is 6. The van der Waals surface area contributed by atoms with E-state index in [9.17, 15) is 9.59 Å². The Labute approximate surface area is 132 Å². The summed E-state index contributed by atoms with van der Waals surface area (Å²) in [6.07, 6.45) is 0. The lowest BCUT2D eigenvalue weighted by Gasteiger charge is -2.21. The summed E-state index contributed by atoms with van der Waals surface area (Å²) in [4.78, 5) is 27.2. The van der Waals surface area contributed by atoms with Crippen molar-refractivity contribution in [1.29, 1.82) is 0 Å². The van der Waals surface area contributed by atoms with Crippen LogP contribution < -0.4 is 10.1 Å². The van der Waals surface area contributed by atoms with E-state index in [1.54, 1.807) is 25.1 Å². The Hall–Kier alpha value is -2.90. The zero-order chi connectivity index (χ0) is 17.0. The summed E-state index contributed by atoms with van der Waals surface area (Å²) in [6, 6.07) is 6.39. The van der Waals surface area contributed by atoms with Crippen molar-refractivity contribution in [3.8, 4) is 5.75 Å². The van der Waals surface area contributed by atoms with Crippen molar-refractivity contribution in [3.63, 3.8) is 0 Å². The van der Waals surface area contributed by atoms with Gasteiger partial charge in [-0.15, -0.1) is 0 Å². The number of nitrogens with one attached hydrogen (secondary N) is 1. The molecule has 0 saturated heterocycles. The number of amides is 1. The number of benzene rings is 1. The number of hydrogen-bond acceptors (Lipinski definition) is 6. The van der Waals surface area contributed by atoms with Crippen LogP contribution in [0.4, 0.5) is 0 Å². The molecular weight excluding hydrogens is 302 g/mol. The predicted octanol–water partition coefficient (Wildman–Crippen LogP) is 1.55. The Kier molecular flexibility index (Phi) is 4.63. The van der Waals surface area contributed by atoms with Gasteiger partial charge in [0, 0.05) is 12.5 Å². The maximum absolute atomic E-state index is 12.1. The molecule has 0 saturated carbocycles. The normalized spacial score (nSPS) is 11.1. The Morgan fingerprint density at radius 3 is 2.74 bits per heavy atom. The van der Waals surface area contributed by atoms with Crippen LogP contribution in [0, 0.1) is 6.92 Å². The van der Waals surface area contributed by atoms with Crippen molar-refractivity contribution in [2.24, 2.45) is 0 Å². The van der Waals surface area contributed by atoms with Gasteiger partial charge in [0.15, 0.2) is 6.61 Å². The molecule has 0 bridgehead atoms. The van der Waals surface area contributed by atoms with Crippen LogP contribution >= 0.6 is 0 Å². The minimum atomic E-state index is -1.36. The summed E-state index contributed by atoms with van der Waals surface area (Å²) >= 11 is 0. The van der Waals surface area contributed by atoms with Crippen molar-refractivity contribution in [3.05, 3.63) is 41.5 Å². The van der Waals surface area contributed by atoms with Gasteiger partial charge in [-0.05, 0) is 32.0 Å². The van der Waals surface area contributed by atoms with Crippen LogP contribution in [-0.4, -0.2) is 32.7 Å². The third kappa shape index (κ3) is 4.29. The van der Waals surface area contributed by atoms with Gasteiger partial charge in [0.2, 0.25) is 11.7 Å². The Bertz CT molecular complexity index is 723. The largest absolute Gasteiger partial charge is 0.485 e. The van der Waals surface area contributed by atoms with Crippen molar-refractivity contribution in [1.82, 2.24) is 15.5 Å². The molecule has 0 aliphatic heterocycles. The van der Waals surface area contributed by atoms with E-state index in [0.29, 0.717) is 23.0 Å². The van der Waals surface area contributed by atoms with Gasteiger partial charge in [-0.1, -0.05) is 11.2 Å². The fraction of sp³-hybridized carbons (Fsp3) is 0.333. The standard InChI is InChI=1S/C15H17N3O5/c1-9-16-12(18-23-9)8-22-11-6-4-5-10(7-11)13(19)17-15(2,3)14(20)21/h4-7H,8H2,1-3H3,(H,17,19)(H,20,21). The molecule has 0 unspecified atom stereocenters. The predicted molar refractivity (Wildman–Crippen MR) is 79.0 cm³/mol. The number of aryl methyl sites for hydroxylation is 1. The maximum atomic E-state index is 12.1. The molecular formula is C15H17N3O5. The summed E-state index contributed by atoms with van der Waals surface area (Å²) in [7, 11) is 0. The van der Waals surface area contributed by atoms with Gasteiger partial charge < -0.3 is 19.7 Å². The molecule has 0 radical (unpaired) electrons. The highest BCUT2D eigenvalue weighted by Crippen LogP contribution is 2.15. The van der Waals surface area contributed by atoms with Crippen molar-refractivity contribution in [2.75, 3.05) is 0 Å². The second-order valence-electron chi connectivity index (χ2n) is 5.43. The van der Waals surface area contributed by atoms with Crippen LogP contribution in [-0.2, 0) is 11.4 Å². The maximum Gasteiger partial charge on any atom is 0.328 e. The zero-order valence-corrected chi connectivity index (χ0v) is 13.0. The number of carbonyl (C=O) groups is 2. The van der Waals surface area contributed by atoms with Crippen molar-refractivity contribution < 1.29 is 24.0 Å². The van der Waals surface area contributed by atoms with E-state index >= 15 is 0 Å². The SMILES string of the molecule is Cc1nc(COc2cccc(C(=O)NC(C)(C)C(=O)O)c2)no1. The monoisotopic (exact) mass is 319 g/mol. The molecule has 1 heterocycles. The van der Waals surface area contributed by atoms with Gasteiger partial charge in [0.05, 0.1) is 0 Å². The number of carbonyl (C=O) groups excluding carboxylic acids is 1. The van der Waals surface area contributed by atoms with E-state index in [2.05, 4.69) is 15.5 Å². The average Bonchev–Trinajstić information content (AvgIpc) is 2.90. The van der Waals surface area contributed by atoms with E-state index < -0.39 is 17.4 Å². The first-order valence-electron chi connectivity index (χ1n) is 6.86. The van der Waals surface area contributed by atoms with Gasteiger partial charge in [0.25, 0.3) is 5.91 Å². The number of aromatic nitrogens is 2. The number of aliphatic carboxylic acids is 1. The van der Waals surface area contributed by atoms with E-state index in [1.807, 2.05) is 0 Å². The molecule has 122 valence electrons. The third-order valence-electron chi connectivity index (χ3n) is 2.99. The summed E-state index contributed by atoms with van der Waals surface area (Å²) in [5.41, 5.74) is -1.07. The van der Waals surface area contributed by atoms with Crippen LogP contribution in [0.3, 0.4) is 0 Å². The molecule has 0 aliphatic rings. The number of nitrogens with zero attached hydrogens (tertiary/aromatic N) is 2. The van der Waals surface area contributed by atoms with Crippen molar-refractivity contribution >= 4 is 11.9 Å². The number of carboxylic acids is 1. The summed E-state index contributed by atoms with van der Waals surface area (Å²) in [5.74, 6) is -0.353. The fourth-order valence-electron chi connectivity index (χ4n) is 1.68. The molecule has 0 spiro atoms. The lowest BCUT2D eigenvalue weighted by molar-refractivity contribution is -0.143. The Morgan fingerprint density at radius 1 is 1.39 bits per heavy atom.